The van der Waals surface area contributed by atoms with Crippen molar-refractivity contribution in [3.8, 4) is 5.75 Å². The van der Waals surface area contributed by atoms with Crippen LogP contribution in [-0.2, 0) is 6.18 Å². The quantitative estimate of drug-likeness (QED) is 0.705. The van der Waals surface area contributed by atoms with Crippen molar-refractivity contribution in [2.24, 2.45) is 0 Å². The lowest BCUT2D eigenvalue weighted by Gasteiger charge is -2.11. The van der Waals surface area contributed by atoms with Crippen LogP contribution in [0.15, 0.2) is 12.1 Å². The topological polar surface area (TPSA) is 9.23 Å². The van der Waals surface area contributed by atoms with Gasteiger partial charge in [0.05, 0.1) is 21.3 Å². The molecule has 0 aliphatic heterocycles. The van der Waals surface area contributed by atoms with Crippen LogP contribution in [-0.4, -0.2) is 7.11 Å². The summed E-state index contributed by atoms with van der Waals surface area (Å²) in [5.41, 5.74) is -0.878. The summed E-state index contributed by atoms with van der Waals surface area (Å²) in [7, 11) is 1.31. The average molecular weight is 336 g/mol. The lowest BCUT2D eigenvalue weighted by Crippen LogP contribution is -2.06. The standard InChI is InChI=1S/C8H5ClF3IO/c1-14-7-2-4(8(10,11)12)5(9)3-6(7)13/h2-3H,1H3. The molecule has 0 saturated carbocycles. The molecule has 0 aliphatic rings. The molecule has 0 radical (unpaired) electrons. The Morgan fingerprint density at radius 3 is 2.36 bits per heavy atom. The number of hydrogen-bond acceptors (Lipinski definition) is 1. The van der Waals surface area contributed by atoms with Gasteiger partial charge in [-0.15, -0.1) is 0 Å². The van der Waals surface area contributed by atoms with Crippen molar-refractivity contribution in [1.82, 2.24) is 0 Å². The molecule has 1 aromatic carbocycles. The second kappa shape index (κ2) is 4.14. The SMILES string of the molecule is COc1cc(C(F)(F)F)c(Cl)cc1I. The molecule has 0 bridgehead atoms. The Morgan fingerprint density at radius 1 is 1.36 bits per heavy atom. The van der Waals surface area contributed by atoms with Gasteiger partial charge in [0.15, 0.2) is 0 Å². The van der Waals surface area contributed by atoms with Crippen molar-refractivity contribution in [2.75, 3.05) is 7.11 Å². The molecule has 0 fully saturated rings. The second-order valence-electron chi connectivity index (χ2n) is 2.46. The maximum Gasteiger partial charge on any atom is 0.417 e. The van der Waals surface area contributed by atoms with Crippen LogP contribution in [0, 0.1) is 3.57 Å². The van der Waals surface area contributed by atoms with E-state index in [2.05, 4.69) is 0 Å². The van der Waals surface area contributed by atoms with Crippen LogP contribution in [0.2, 0.25) is 5.02 Å². The third-order valence-electron chi connectivity index (χ3n) is 1.55. The zero-order valence-electron chi connectivity index (χ0n) is 6.95. The number of halogens is 5. The molecule has 1 nitrogen and oxygen atoms in total. The van der Waals surface area contributed by atoms with Crippen molar-refractivity contribution in [1.29, 1.82) is 0 Å². The van der Waals surface area contributed by atoms with Crippen molar-refractivity contribution in [3.05, 3.63) is 26.3 Å². The van der Waals surface area contributed by atoms with Crippen molar-refractivity contribution < 1.29 is 17.9 Å². The van der Waals surface area contributed by atoms with E-state index in [1.54, 1.807) is 0 Å². The summed E-state index contributed by atoms with van der Waals surface area (Å²) >= 11 is 7.32. The Morgan fingerprint density at radius 2 is 1.93 bits per heavy atom. The number of hydrogen-bond donors (Lipinski definition) is 0. The molecule has 1 rings (SSSR count). The highest BCUT2D eigenvalue weighted by atomic mass is 127. The molecule has 0 atom stereocenters. The number of rotatable bonds is 1. The fourth-order valence-corrected chi connectivity index (χ4v) is 2.04. The molecule has 0 spiro atoms. The van der Waals surface area contributed by atoms with E-state index in [0.717, 1.165) is 6.07 Å². The molecule has 0 amide bonds. The van der Waals surface area contributed by atoms with Crippen LogP contribution in [0.4, 0.5) is 13.2 Å². The highest BCUT2D eigenvalue weighted by Crippen LogP contribution is 2.38. The van der Waals surface area contributed by atoms with Gasteiger partial charge in [-0.1, -0.05) is 11.6 Å². The van der Waals surface area contributed by atoms with Crippen LogP contribution in [0.1, 0.15) is 5.56 Å². The van der Waals surface area contributed by atoms with Gasteiger partial charge in [0, 0.05) is 0 Å². The molecular formula is C8H5ClF3IO. The highest BCUT2D eigenvalue weighted by Gasteiger charge is 2.34. The zero-order chi connectivity index (χ0) is 10.9. The highest BCUT2D eigenvalue weighted by molar-refractivity contribution is 14.1. The molecular weight excluding hydrogens is 331 g/mol. The summed E-state index contributed by atoms with van der Waals surface area (Å²) in [6.07, 6.45) is -4.45. The lowest BCUT2D eigenvalue weighted by molar-refractivity contribution is -0.137. The van der Waals surface area contributed by atoms with Crippen molar-refractivity contribution >= 4 is 34.2 Å². The van der Waals surface area contributed by atoms with E-state index in [0.29, 0.717) is 3.57 Å². The largest absolute Gasteiger partial charge is 0.496 e. The van der Waals surface area contributed by atoms with Crippen molar-refractivity contribution in [2.45, 2.75) is 6.18 Å². The first-order valence-electron chi connectivity index (χ1n) is 3.46. The first-order chi connectivity index (χ1) is 6.36. The molecule has 0 saturated heterocycles. The first kappa shape index (κ1) is 11.9. The van der Waals surface area contributed by atoms with E-state index >= 15 is 0 Å². The van der Waals surface area contributed by atoms with Gasteiger partial charge in [-0.05, 0) is 34.7 Å². The number of benzene rings is 1. The predicted molar refractivity (Wildman–Crippen MR) is 55.7 cm³/mol. The van der Waals surface area contributed by atoms with Gasteiger partial charge in [0.1, 0.15) is 5.75 Å². The molecule has 0 aromatic heterocycles. The molecule has 14 heavy (non-hydrogen) atoms. The maximum absolute atomic E-state index is 12.4. The summed E-state index contributed by atoms with van der Waals surface area (Å²) in [5.74, 6) is 0.169. The van der Waals surface area contributed by atoms with Crippen LogP contribution in [0.3, 0.4) is 0 Å². The summed E-state index contributed by atoms with van der Waals surface area (Å²) < 4.78 is 42.4. The molecule has 0 N–H and O–H groups in total. The van der Waals surface area contributed by atoms with Crippen LogP contribution >= 0.6 is 34.2 Å². The Bertz CT molecular complexity index is 351. The predicted octanol–water partition coefficient (Wildman–Crippen LogP) is 3.97. The monoisotopic (exact) mass is 336 g/mol. The Kier molecular flexibility index (Phi) is 3.52. The van der Waals surface area contributed by atoms with E-state index in [1.807, 2.05) is 22.6 Å². The summed E-state index contributed by atoms with van der Waals surface area (Å²) in [5, 5.41) is -0.317. The normalized spacial score (nSPS) is 11.6. The number of alkyl halides is 3. The zero-order valence-corrected chi connectivity index (χ0v) is 9.87. The third kappa shape index (κ3) is 2.44. The number of ether oxygens (including phenoxy) is 1. The molecule has 0 aliphatic carbocycles. The van der Waals surface area contributed by atoms with Crippen molar-refractivity contribution in [3.63, 3.8) is 0 Å². The van der Waals surface area contributed by atoms with E-state index in [9.17, 15) is 13.2 Å². The fourth-order valence-electron chi connectivity index (χ4n) is 0.903. The van der Waals surface area contributed by atoms with E-state index in [-0.39, 0.29) is 10.8 Å². The summed E-state index contributed by atoms with van der Waals surface area (Å²) in [4.78, 5) is 0. The van der Waals surface area contributed by atoms with Gasteiger partial charge in [0.25, 0.3) is 0 Å². The molecule has 78 valence electrons. The Hall–Kier alpha value is -0.170. The van der Waals surface area contributed by atoms with Gasteiger partial charge >= 0.3 is 6.18 Å². The van der Waals surface area contributed by atoms with Gasteiger partial charge < -0.3 is 4.74 Å². The molecule has 0 unspecified atom stereocenters. The second-order valence-corrected chi connectivity index (χ2v) is 4.03. The average Bonchev–Trinajstić information content (AvgIpc) is 2.02. The molecule has 0 heterocycles. The molecule has 1 aromatic rings. The minimum atomic E-state index is -4.45. The van der Waals surface area contributed by atoms with Crippen LogP contribution in [0.5, 0.6) is 5.75 Å². The van der Waals surface area contributed by atoms with E-state index in [4.69, 9.17) is 16.3 Å². The first-order valence-corrected chi connectivity index (χ1v) is 4.92. The van der Waals surface area contributed by atoms with Gasteiger partial charge in [-0.2, -0.15) is 13.2 Å². The van der Waals surface area contributed by atoms with Gasteiger partial charge in [0.2, 0.25) is 0 Å². The summed E-state index contributed by atoms with van der Waals surface area (Å²) in [6.45, 7) is 0. The Labute approximate surface area is 97.3 Å². The molecule has 6 heteroatoms. The van der Waals surface area contributed by atoms with E-state index in [1.165, 1.54) is 13.2 Å². The fraction of sp³-hybridized carbons (Fsp3) is 0.250. The maximum atomic E-state index is 12.4. The number of methoxy groups -OCH3 is 1. The van der Waals surface area contributed by atoms with Crippen LogP contribution in [0.25, 0.3) is 0 Å². The Balaban J connectivity index is 3.32. The minimum Gasteiger partial charge on any atom is -0.496 e. The van der Waals surface area contributed by atoms with Crippen LogP contribution < -0.4 is 4.74 Å². The third-order valence-corrected chi connectivity index (χ3v) is 2.70. The minimum absolute atomic E-state index is 0.169. The lowest BCUT2D eigenvalue weighted by atomic mass is 10.2. The summed E-state index contributed by atoms with van der Waals surface area (Å²) in [6, 6.07) is 2.12. The smallest absolute Gasteiger partial charge is 0.417 e. The van der Waals surface area contributed by atoms with Gasteiger partial charge in [-0.25, -0.2) is 0 Å². The van der Waals surface area contributed by atoms with Gasteiger partial charge in [-0.3, -0.25) is 0 Å². The van der Waals surface area contributed by atoms with E-state index < -0.39 is 11.7 Å².